The minimum absolute atomic E-state index is 0.0821. The number of hydrogen-bond acceptors (Lipinski definition) is 3. The van der Waals surface area contributed by atoms with Gasteiger partial charge in [0.2, 0.25) is 9.84 Å². The van der Waals surface area contributed by atoms with Crippen LogP contribution in [0.3, 0.4) is 0 Å². The van der Waals surface area contributed by atoms with Crippen molar-refractivity contribution in [1.29, 1.82) is 0 Å². The normalized spacial score (nSPS) is 11.1. The molecular formula is C13H10O4S. The third-order valence-corrected chi connectivity index (χ3v) is 4.29. The largest absolute Gasteiger partial charge is 0.478 e. The van der Waals surface area contributed by atoms with Crippen LogP contribution < -0.4 is 0 Å². The van der Waals surface area contributed by atoms with Crippen molar-refractivity contribution >= 4 is 15.8 Å². The number of carbonyl (C=O) groups is 1. The van der Waals surface area contributed by atoms with Gasteiger partial charge >= 0.3 is 5.97 Å². The van der Waals surface area contributed by atoms with Crippen LogP contribution in [-0.2, 0) is 9.84 Å². The zero-order valence-corrected chi connectivity index (χ0v) is 10.1. The van der Waals surface area contributed by atoms with E-state index in [2.05, 4.69) is 0 Å². The summed E-state index contributed by atoms with van der Waals surface area (Å²) in [5, 5.41) is 9.01. The number of rotatable bonds is 3. The number of carboxylic acids is 1. The minimum atomic E-state index is -3.80. The number of sulfone groups is 1. The summed E-state index contributed by atoms with van der Waals surface area (Å²) in [6, 6.07) is 13.3. The van der Waals surface area contributed by atoms with Crippen LogP contribution in [0.2, 0.25) is 0 Å². The molecule has 0 saturated heterocycles. The zero-order chi connectivity index (χ0) is 13.2. The second-order valence-corrected chi connectivity index (χ2v) is 5.54. The first-order chi connectivity index (χ1) is 8.53. The Labute approximate surface area is 104 Å². The fraction of sp³-hybridized carbons (Fsp3) is 0. The van der Waals surface area contributed by atoms with Gasteiger partial charge in [-0.15, -0.1) is 0 Å². The van der Waals surface area contributed by atoms with Crippen molar-refractivity contribution in [3.63, 3.8) is 0 Å². The molecule has 5 heteroatoms. The summed E-state index contributed by atoms with van der Waals surface area (Å²) in [6.45, 7) is 0. The third kappa shape index (κ3) is 2.12. The average molecular weight is 262 g/mol. The fourth-order valence-corrected chi connectivity index (χ4v) is 3.08. The molecule has 0 aliphatic carbocycles. The molecule has 0 unspecified atom stereocenters. The molecule has 0 aromatic heterocycles. The molecule has 2 aromatic carbocycles. The Balaban J connectivity index is 2.66. The van der Waals surface area contributed by atoms with Gasteiger partial charge in [0, 0.05) is 0 Å². The van der Waals surface area contributed by atoms with Gasteiger partial charge < -0.3 is 5.11 Å². The highest BCUT2D eigenvalue weighted by molar-refractivity contribution is 7.91. The Morgan fingerprint density at radius 2 is 1.44 bits per heavy atom. The molecule has 0 spiro atoms. The maximum atomic E-state index is 12.3. The van der Waals surface area contributed by atoms with Gasteiger partial charge in [-0.25, -0.2) is 13.2 Å². The molecule has 0 radical (unpaired) electrons. The van der Waals surface area contributed by atoms with Gasteiger partial charge in [0.15, 0.2) is 0 Å². The van der Waals surface area contributed by atoms with E-state index in [-0.39, 0.29) is 15.4 Å². The first-order valence-electron chi connectivity index (χ1n) is 5.16. The Hall–Kier alpha value is -2.14. The lowest BCUT2D eigenvalue weighted by molar-refractivity contribution is 0.0692. The molecule has 0 aliphatic heterocycles. The van der Waals surface area contributed by atoms with Gasteiger partial charge in [-0.1, -0.05) is 30.3 Å². The van der Waals surface area contributed by atoms with Crippen LogP contribution in [-0.4, -0.2) is 19.5 Å². The van der Waals surface area contributed by atoms with Crippen molar-refractivity contribution in [3.8, 4) is 0 Å². The molecular weight excluding hydrogens is 252 g/mol. The van der Waals surface area contributed by atoms with Crippen LogP contribution in [0.15, 0.2) is 64.4 Å². The summed E-state index contributed by atoms with van der Waals surface area (Å²) >= 11 is 0. The molecule has 0 aliphatic rings. The molecule has 18 heavy (non-hydrogen) atoms. The van der Waals surface area contributed by atoms with Crippen LogP contribution in [0.5, 0.6) is 0 Å². The number of benzene rings is 2. The lowest BCUT2D eigenvalue weighted by Crippen LogP contribution is -2.09. The summed E-state index contributed by atoms with van der Waals surface area (Å²) in [5.41, 5.74) is -0.221. The molecule has 0 saturated carbocycles. The van der Waals surface area contributed by atoms with Crippen LogP contribution in [0.4, 0.5) is 0 Å². The third-order valence-electron chi connectivity index (χ3n) is 2.46. The summed E-state index contributed by atoms with van der Waals surface area (Å²) in [5.74, 6) is -1.26. The van der Waals surface area contributed by atoms with E-state index in [9.17, 15) is 13.2 Å². The van der Waals surface area contributed by atoms with Gasteiger partial charge in [0.05, 0.1) is 15.4 Å². The van der Waals surface area contributed by atoms with E-state index in [0.717, 1.165) is 0 Å². The van der Waals surface area contributed by atoms with E-state index in [1.165, 1.54) is 36.4 Å². The average Bonchev–Trinajstić information content (AvgIpc) is 2.39. The molecule has 4 nitrogen and oxygen atoms in total. The van der Waals surface area contributed by atoms with Crippen molar-refractivity contribution in [2.75, 3.05) is 0 Å². The summed E-state index contributed by atoms with van der Waals surface area (Å²) in [4.78, 5) is 10.9. The predicted octanol–water partition coefficient (Wildman–Crippen LogP) is 2.22. The first kappa shape index (κ1) is 12.3. The van der Waals surface area contributed by atoms with Gasteiger partial charge in [-0.05, 0) is 24.3 Å². The highest BCUT2D eigenvalue weighted by Crippen LogP contribution is 2.23. The van der Waals surface area contributed by atoms with E-state index >= 15 is 0 Å². The minimum Gasteiger partial charge on any atom is -0.478 e. The second-order valence-electron chi connectivity index (χ2n) is 3.62. The quantitative estimate of drug-likeness (QED) is 0.920. The predicted molar refractivity (Wildman–Crippen MR) is 65.3 cm³/mol. The second kappa shape index (κ2) is 4.62. The number of carboxylic acid groups (broad SMARTS) is 1. The van der Waals surface area contributed by atoms with E-state index < -0.39 is 15.8 Å². The molecule has 92 valence electrons. The number of aromatic carboxylic acids is 1. The maximum absolute atomic E-state index is 12.3. The maximum Gasteiger partial charge on any atom is 0.337 e. The van der Waals surface area contributed by atoms with E-state index in [0.29, 0.717) is 0 Å². The van der Waals surface area contributed by atoms with Gasteiger partial charge in [-0.2, -0.15) is 0 Å². The summed E-state index contributed by atoms with van der Waals surface area (Å²) < 4.78 is 24.6. The smallest absolute Gasteiger partial charge is 0.337 e. The summed E-state index contributed by atoms with van der Waals surface area (Å²) in [7, 11) is -3.80. The van der Waals surface area contributed by atoms with Crippen LogP contribution in [0, 0.1) is 0 Å². The molecule has 0 atom stereocenters. The molecule has 0 amide bonds. The molecule has 1 N–H and O–H groups in total. The molecule has 2 aromatic rings. The monoisotopic (exact) mass is 262 g/mol. The molecule has 0 bridgehead atoms. The van der Waals surface area contributed by atoms with Crippen LogP contribution in [0.25, 0.3) is 0 Å². The van der Waals surface area contributed by atoms with Crippen molar-refractivity contribution in [2.45, 2.75) is 9.79 Å². The Kier molecular flexibility index (Phi) is 3.16. The Morgan fingerprint density at radius 3 is 2.06 bits per heavy atom. The lowest BCUT2D eigenvalue weighted by atomic mass is 10.2. The van der Waals surface area contributed by atoms with Crippen LogP contribution in [0.1, 0.15) is 10.4 Å². The van der Waals surface area contributed by atoms with E-state index in [4.69, 9.17) is 5.11 Å². The molecule has 0 heterocycles. The highest BCUT2D eigenvalue weighted by atomic mass is 32.2. The van der Waals surface area contributed by atoms with Gasteiger partial charge in [-0.3, -0.25) is 0 Å². The first-order valence-corrected chi connectivity index (χ1v) is 6.64. The molecule has 2 rings (SSSR count). The van der Waals surface area contributed by atoms with Crippen LogP contribution >= 0.6 is 0 Å². The highest BCUT2D eigenvalue weighted by Gasteiger charge is 2.23. The van der Waals surface area contributed by atoms with E-state index in [1.54, 1.807) is 18.2 Å². The van der Waals surface area contributed by atoms with Crippen molar-refractivity contribution in [1.82, 2.24) is 0 Å². The van der Waals surface area contributed by atoms with Crippen molar-refractivity contribution < 1.29 is 18.3 Å². The zero-order valence-electron chi connectivity index (χ0n) is 9.28. The van der Waals surface area contributed by atoms with Gasteiger partial charge in [0.1, 0.15) is 0 Å². The Morgan fingerprint density at radius 1 is 0.889 bits per heavy atom. The number of hydrogen-bond donors (Lipinski definition) is 1. The Bertz CT molecular complexity index is 675. The standard InChI is InChI=1S/C13H10O4S/c14-13(15)11-8-4-5-9-12(11)18(16,17)10-6-2-1-3-7-10/h1-9H,(H,14,15). The van der Waals surface area contributed by atoms with Crippen molar-refractivity contribution in [2.24, 2.45) is 0 Å². The van der Waals surface area contributed by atoms with Gasteiger partial charge in [0.25, 0.3) is 0 Å². The fourth-order valence-electron chi connectivity index (χ4n) is 1.60. The van der Waals surface area contributed by atoms with E-state index in [1.807, 2.05) is 0 Å². The SMILES string of the molecule is O=C(O)c1ccccc1S(=O)(=O)c1ccccc1. The lowest BCUT2D eigenvalue weighted by Gasteiger charge is -2.07. The topological polar surface area (TPSA) is 71.4 Å². The van der Waals surface area contributed by atoms with Crippen molar-refractivity contribution in [3.05, 3.63) is 60.2 Å². The summed E-state index contributed by atoms with van der Waals surface area (Å²) in [6.07, 6.45) is 0. The molecule has 0 fully saturated rings.